The van der Waals surface area contributed by atoms with Gasteiger partial charge >= 0.3 is 0 Å². The zero-order valence-corrected chi connectivity index (χ0v) is 9.71. The number of hydrogen-bond acceptors (Lipinski definition) is 1. The summed E-state index contributed by atoms with van der Waals surface area (Å²) in [5.41, 5.74) is -1.12. The molecule has 1 saturated carbocycles. The van der Waals surface area contributed by atoms with Gasteiger partial charge in [-0.15, -0.1) is 0 Å². The highest BCUT2D eigenvalue weighted by Crippen LogP contribution is 2.44. The molecule has 4 atom stereocenters. The van der Waals surface area contributed by atoms with Crippen molar-refractivity contribution in [1.29, 1.82) is 0 Å². The fourth-order valence-corrected chi connectivity index (χ4v) is 2.96. The van der Waals surface area contributed by atoms with E-state index >= 15 is 0 Å². The lowest BCUT2D eigenvalue weighted by Gasteiger charge is -2.33. The molecule has 0 amide bonds. The van der Waals surface area contributed by atoms with E-state index in [1.54, 1.807) is 6.92 Å². The lowest BCUT2D eigenvalue weighted by atomic mass is 9.75. The molecule has 4 unspecified atom stereocenters. The minimum Gasteiger partial charge on any atom is -0.393 e. The van der Waals surface area contributed by atoms with Gasteiger partial charge in [0.2, 0.25) is 0 Å². The van der Waals surface area contributed by atoms with Crippen LogP contribution in [0, 0.1) is 11.8 Å². The first kappa shape index (κ1) is 11.8. The highest BCUT2D eigenvalue weighted by Gasteiger charge is 2.42. The molecule has 2 aliphatic carbocycles. The number of rotatable bonds is 1. The van der Waals surface area contributed by atoms with Crippen molar-refractivity contribution >= 4 is 0 Å². The van der Waals surface area contributed by atoms with Gasteiger partial charge in [0.25, 0.3) is 0 Å². The molecule has 0 radical (unpaired) electrons. The van der Waals surface area contributed by atoms with Crippen molar-refractivity contribution in [3.05, 3.63) is 23.6 Å². The van der Waals surface area contributed by atoms with E-state index in [1.165, 1.54) is 19.1 Å². The van der Waals surface area contributed by atoms with E-state index < -0.39 is 11.6 Å². The summed E-state index contributed by atoms with van der Waals surface area (Å²) in [6.45, 7) is 3.08. The minimum atomic E-state index is -1.49. The SMILES string of the molecule is CC1=CC(C)(F)C(C2CCC(O)C2)C=C1F. The fourth-order valence-electron chi connectivity index (χ4n) is 2.96. The van der Waals surface area contributed by atoms with Gasteiger partial charge < -0.3 is 5.11 Å². The van der Waals surface area contributed by atoms with Crippen LogP contribution in [0.3, 0.4) is 0 Å². The molecule has 90 valence electrons. The molecule has 0 aromatic heterocycles. The van der Waals surface area contributed by atoms with E-state index in [1.807, 2.05) is 0 Å². The summed E-state index contributed by atoms with van der Waals surface area (Å²) in [6.07, 6.45) is 4.50. The quantitative estimate of drug-likeness (QED) is 0.730. The van der Waals surface area contributed by atoms with Crippen molar-refractivity contribution in [2.24, 2.45) is 11.8 Å². The van der Waals surface area contributed by atoms with Gasteiger partial charge in [0, 0.05) is 5.92 Å². The maximum atomic E-state index is 14.4. The Morgan fingerprint density at radius 1 is 1.44 bits per heavy atom. The van der Waals surface area contributed by atoms with Crippen LogP contribution in [0.1, 0.15) is 33.1 Å². The number of aliphatic hydroxyl groups excluding tert-OH is 1. The molecule has 16 heavy (non-hydrogen) atoms. The van der Waals surface area contributed by atoms with Crippen LogP contribution in [0.4, 0.5) is 8.78 Å². The number of halogens is 2. The number of allylic oxidation sites excluding steroid dienone is 4. The Balaban J connectivity index is 2.21. The van der Waals surface area contributed by atoms with Crippen molar-refractivity contribution in [3.63, 3.8) is 0 Å². The van der Waals surface area contributed by atoms with Gasteiger partial charge in [-0.05, 0) is 56.8 Å². The summed E-state index contributed by atoms with van der Waals surface area (Å²) in [7, 11) is 0. The van der Waals surface area contributed by atoms with Crippen molar-refractivity contribution < 1.29 is 13.9 Å². The molecule has 1 fully saturated rings. The van der Waals surface area contributed by atoms with E-state index in [9.17, 15) is 13.9 Å². The predicted molar refractivity (Wildman–Crippen MR) is 59.3 cm³/mol. The zero-order chi connectivity index (χ0) is 11.9. The highest BCUT2D eigenvalue weighted by molar-refractivity contribution is 5.33. The normalized spacial score (nSPS) is 44.2. The first-order chi connectivity index (χ1) is 7.40. The lowest BCUT2D eigenvalue weighted by molar-refractivity contribution is 0.122. The molecule has 1 N–H and O–H groups in total. The van der Waals surface area contributed by atoms with Gasteiger partial charge in [0.1, 0.15) is 11.5 Å². The molecule has 0 aromatic carbocycles. The Bertz CT molecular complexity index is 344. The molecule has 0 spiro atoms. The van der Waals surface area contributed by atoms with Gasteiger partial charge in [0.05, 0.1) is 6.10 Å². The van der Waals surface area contributed by atoms with E-state index in [2.05, 4.69) is 0 Å². The number of hydrogen-bond donors (Lipinski definition) is 1. The standard InChI is InChI=1S/C13H18F2O/c1-8-7-13(2,15)11(6-12(8)14)9-3-4-10(16)5-9/h6-7,9-11,16H,3-5H2,1-2H3. The molecular formula is C13H18F2O. The Morgan fingerprint density at radius 2 is 2.12 bits per heavy atom. The lowest BCUT2D eigenvalue weighted by Crippen LogP contribution is -2.34. The van der Waals surface area contributed by atoms with Crippen LogP contribution >= 0.6 is 0 Å². The van der Waals surface area contributed by atoms with E-state index in [0.717, 1.165) is 6.42 Å². The third kappa shape index (κ3) is 2.05. The third-order valence-corrected chi connectivity index (χ3v) is 3.81. The summed E-state index contributed by atoms with van der Waals surface area (Å²) < 4.78 is 27.9. The molecule has 0 saturated heterocycles. The second kappa shape index (κ2) is 3.95. The molecule has 0 heterocycles. The van der Waals surface area contributed by atoms with Crippen LogP contribution in [-0.2, 0) is 0 Å². The maximum absolute atomic E-state index is 14.4. The topological polar surface area (TPSA) is 20.2 Å². The first-order valence-electron chi connectivity index (χ1n) is 5.84. The monoisotopic (exact) mass is 228 g/mol. The fraction of sp³-hybridized carbons (Fsp3) is 0.692. The van der Waals surface area contributed by atoms with Gasteiger partial charge in [-0.1, -0.05) is 0 Å². The largest absolute Gasteiger partial charge is 0.393 e. The third-order valence-electron chi connectivity index (χ3n) is 3.81. The molecule has 1 nitrogen and oxygen atoms in total. The summed E-state index contributed by atoms with van der Waals surface area (Å²) in [4.78, 5) is 0. The van der Waals surface area contributed by atoms with Crippen LogP contribution in [0.5, 0.6) is 0 Å². The Labute approximate surface area is 94.9 Å². The Kier molecular flexibility index (Phi) is 2.91. The van der Waals surface area contributed by atoms with Crippen LogP contribution in [0.15, 0.2) is 23.6 Å². The van der Waals surface area contributed by atoms with Crippen LogP contribution in [0.25, 0.3) is 0 Å². The predicted octanol–water partition coefficient (Wildman–Crippen LogP) is 3.31. The van der Waals surface area contributed by atoms with Gasteiger partial charge in [-0.25, -0.2) is 8.78 Å². The van der Waals surface area contributed by atoms with Crippen LogP contribution in [0.2, 0.25) is 0 Å². The van der Waals surface area contributed by atoms with Crippen LogP contribution in [-0.4, -0.2) is 16.9 Å². The average molecular weight is 228 g/mol. The van der Waals surface area contributed by atoms with E-state index in [-0.39, 0.29) is 17.8 Å². The molecule has 0 bridgehead atoms. The Morgan fingerprint density at radius 3 is 2.69 bits per heavy atom. The van der Waals surface area contributed by atoms with Crippen molar-refractivity contribution in [2.75, 3.05) is 0 Å². The molecule has 0 aliphatic heterocycles. The number of alkyl halides is 1. The smallest absolute Gasteiger partial charge is 0.133 e. The number of aliphatic hydroxyl groups is 1. The highest BCUT2D eigenvalue weighted by atomic mass is 19.1. The zero-order valence-electron chi connectivity index (χ0n) is 9.71. The molecule has 3 heteroatoms. The summed E-state index contributed by atoms with van der Waals surface area (Å²) in [5, 5.41) is 9.47. The van der Waals surface area contributed by atoms with Gasteiger partial charge in [-0.3, -0.25) is 0 Å². The summed E-state index contributed by atoms with van der Waals surface area (Å²) in [5.74, 6) is -0.699. The summed E-state index contributed by atoms with van der Waals surface area (Å²) >= 11 is 0. The van der Waals surface area contributed by atoms with E-state index in [0.29, 0.717) is 18.4 Å². The molecule has 2 aliphatic rings. The second-order valence-electron chi connectivity index (χ2n) is 5.25. The summed E-state index contributed by atoms with van der Waals surface area (Å²) in [6, 6.07) is 0. The second-order valence-corrected chi connectivity index (χ2v) is 5.25. The average Bonchev–Trinajstić information content (AvgIpc) is 2.57. The van der Waals surface area contributed by atoms with Crippen molar-refractivity contribution in [3.8, 4) is 0 Å². The molecule has 2 rings (SSSR count). The maximum Gasteiger partial charge on any atom is 0.133 e. The Hall–Kier alpha value is -0.700. The molecule has 0 aromatic rings. The molecular weight excluding hydrogens is 210 g/mol. The minimum absolute atomic E-state index is 0.0556. The van der Waals surface area contributed by atoms with Crippen molar-refractivity contribution in [2.45, 2.75) is 44.9 Å². The van der Waals surface area contributed by atoms with E-state index in [4.69, 9.17) is 0 Å². The van der Waals surface area contributed by atoms with Gasteiger partial charge in [0.15, 0.2) is 0 Å². The van der Waals surface area contributed by atoms with Gasteiger partial charge in [-0.2, -0.15) is 0 Å². The van der Waals surface area contributed by atoms with Crippen molar-refractivity contribution in [1.82, 2.24) is 0 Å². The first-order valence-corrected chi connectivity index (χ1v) is 5.84. The van der Waals surface area contributed by atoms with Crippen LogP contribution < -0.4 is 0 Å².